The number of hydrogen-bond acceptors (Lipinski definition) is 7. The van der Waals surface area contributed by atoms with E-state index in [0.717, 1.165) is 15.6 Å². The van der Waals surface area contributed by atoms with Crippen molar-refractivity contribution in [3.63, 3.8) is 0 Å². The molecule has 0 radical (unpaired) electrons. The number of rotatable bonds is 10. The molecule has 13 heteroatoms. The van der Waals surface area contributed by atoms with E-state index in [-0.39, 0.29) is 31.6 Å². The van der Waals surface area contributed by atoms with Gasteiger partial charge in [-0.1, -0.05) is 57.6 Å². The van der Waals surface area contributed by atoms with Gasteiger partial charge in [0.05, 0.1) is 12.2 Å². The molecule has 1 amide bonds. The number of pyridine rings is 1. The van der Waals surface area contributed by atoms with E-state index in [4.69, 9.17) is 61.8 Å². The first kappa shape index (κ1) is 30.5. The van der Waals surface area contributed by atoms with E-state index in [0.29, 0.717) is 17.1 Å². The zero-order chi connectivity index (χ0) is 27.5. The molecular weight excluding hydrogens is 566 g/mol. The summed E-state index contributed by atoms with van der Waals surface area (Å²) in [5.41, 5.74) is 7.50. The van der Waals surface area contributed by atoms with E-state index in [1.54, 1.807) is 18.2 Å². The van der Waals surface area contributed by atoms with E-state index in [9.17, 15) is 14.4 Å². The minimum atomic E-state index is -1.34. The van der Waals surface area contributed by atoms with Gasteiger partial charge >= 0.3 is 5.97 Å². The molecule has 9 nitrogen and oxygen atoms in total. The average molecular weight is 590 g/mol. The van der Waals surface area contributed by atoms with Crippen molar-refractivity contribution in [3.05, 3.63) is 64.4 Å². The van der Waals surface area contributed by atoms with Crippen molar-refractivity contribution in [2.45, 2.75) is 37.1 Å². The van der Waals surface area contributed by atoms with E-state index in [1.807, 2.05) is 25.1 Å². The van der Waals surface area contributed by atoms with Crippen molar-refractivity contribution >= 4 is 69.8 Å². The molecule has 0 saturated carbocycles. The Bertz CT molecular complexity index is 1190. The van der Waals surface area contributed by atoms with Crippen LogP contribution in [0.1, 0.15) is 24.8 Å². The lowest BCUT2D eigenvalue weighted by molar-refractivity contribution is -0.137. The van der Waals surface area contributed by atoms with Crippen LogP contribution in [0.4, 0.5) is 5.69 Å². The second-order valence-corrected chi connectivity index (χ2v) is 9.58. The number of halogens is 4. The molecule has 1 aromatic carbocycles. The second kappa shape index (κ2) is 14.9. The SMILES string of the molecule is Cc1c(Cl)cccc1Cl.N[C@@H](CCC(=O)O)C(=O)CCN(C(=O)C(Cl)Cl)c1ccnc(-c2ccno2)c1. The molecule has 198 valence electrons. The molecule has 0 aliphatic carbocycles. The summed E-state index contributed by atoms with van der Waals surface area (Å²) in [6.07, 6.45) is 2.63. The van der Waals surface area contributed by atoms with Gasteiger partial charge in [-0.2, -0.15) is 0 Å². The predicted molar refractivity (Wildman–Crippen MR) is 143 cm³/mol. The third-order valence-corrected chi connectivity index (χ3v) is 6.26. The van der Waals surface area contributed by atoms with Crippen molar-refractivity contribution in [1.82, 2.24) is 10.1 Å². The molecule has 2 heterocycles. The molecule has 3 aromatic rings. The van der Waals surface area contributed by atoms with Gasteiger partial charge in [0.1, 0.15) is 5.69 Å². The molecule has 0 unspecified atom stereocenters. The van der Waals surface area contributed by atoms with Crippen LogP contribution in [0.15, 0.2) is 53.3 Å². The molecule has 0 aliphatic heterocycles. The van der Waals surface area contributed by atoms with Crippen LogP contribution in [-0.2, 0) is 14.4 Å². The van der Waals surface area contributed by atoms with Crippen molar-refractivity contribution < 1.29 is 24.0 Å². The summed E-state index contributed by atoms with van der Waals surface area (Å²) in [5.74, 6) is -1.63. The molecular formula is C24H24Cl4N4O5. The number of alkyl halides is 2. The van der Waals surface area contributed by atoms with Gasteiger partial charge in [0.15, 0.2) is 16.4 Å². The highest BCUT2D eigenvalue weighted by Gasteiger charge is 2.25. The number of amides is 1. The number of nitrogens with two attached hydrogens (primary N) is 1. The Morgan fingerprint density at radius 1 is 1.08 bits per heavy atom. The van der Waals surface area contributed by atoms with Crippen molar-refractivity contribution in [2.24, 2.45) is 5.73 Å². The highest BCUT2D eigenvalue weighted by atomic mass is 35.5. The molecule has 0 fully saturated rings. The molecule has 0 bridgehead atoms. The van der Waals surface area contributed by atoms with Crippen LogP contribution < -0.4 is 10.6 Å². The van der Waals surface area contributed by atoms with Gasteiger partial charge in [-0.15, -0.1) is 0 Å². The van der Waals surface area contributed by atoms with Gasteiger partial charge < -0.3 is 20.3 Å². The lowest BCUT2D eigenvalue weighted by Gasteiger charge is -2.24. The lowest BCUT2D eigenvalue weighted by atomic mass is 10.0. The molecule has 1 atom stereocenters. The highest BCUT2D eigenvalue weighted by Crippen LogP contribution is 2.24. The van der Waals surface area contributed by atoms with E-state index in [2.05, 4.69) is 10.1 Å². The zero-order valence-corrected chi connectivity index (χ0v) is 22.6. The van der Waals surface area contributed by atoms with Crippen LogP contribution >= 0.6 is 46.4 Å². The third-order valence-electron chi connectivity index (χ3n) is 5.06. The summed E-state index contributed by atoms with van der Waals surface area (Å²) in [4.78, 5) is 39.3. The number of Topliss-reactive ketones (excluding diaryl/α,β-unsaturated/α-hetero) is 1. The maximum Gasteiger partial charge on any atom is 0.303 e. The summed E-state index contributed by atoms with van der Waals surface area (Å²) >= 11 is 22.9. The minimum Gasteiger partial charge on any atom is -0.481 e. The zero-order valence-electron chi connectivity index (χ0n) is 19.6. The molecule has 3 rings (SSSR count). The van der Waals surface area contributed by atoms with E-state index < -0.39 is 22.8 Å². The Morgan fingerprint density at radius 3 is 2.30 bits per heavy atom. The molecule has 0 aliphatic rings. The number of carboxylic acids is 1. The number of ketones is 1. The summed E-state index contributed by atoms with van der Waals surface area (Å²) in [5, 5.41) is 13.7. The number of aliphatic carboxylic acids is 1. The fraction of sp³-hybridized carbons (Fsp3) is 0.292. The fourth-order valence-electron chi connectivity index (χ4n) is 2.98. The Kier molecular flexibility index (Phi) is 12.3. The quantitative estimate of drug-likeness (QED) is 0.302. The van der Waals surface area contributed by atoms with Crippen molar-refractivity contribution in [3.8, 4) is 11.5 Å². The summed E-state index contributed by atoms with van der Waals surface area (Å²) in [6.45, 7) is 1.86. The highest BCUT2D eigenvalue weighted by molar-refractivity contribution is 6.54. The minimum absolute atomic E-state index is 0.0145. The van der Waals surface area contributed by atoms with E-state index in [1.165, 1.54) is 17.3 Å². The number of benzene rings is 1. The van der Waals surface area contributed by atoms with Gasteiger partial charge in [0.25, 0.3) is 5.91 Å². The Labute approximate surface area is 233 Å². The van der Waals surface area contributed by atoms with Crippen LogP contribution in [-0.4, -0.2) is 50.3 Å². The molecule has 3 N–H and O–H groups in total. The van der Waals surface area contributed by atoms with Crippen molar-refractivity contribution in [2.75, 3.05) is 11.4 Å². The second-order valence-electron chi connectivity index (χ2n) is 7.67. The summed E-state index contributed by atoms with van der Waals surface area (Å²) in [7, 11) is 0. The Balaban J connectivity index is 0.000000449. The van der Waals surface area contributed by atoms with Gasteiger partial charge in [0.2, 0.25) is 0 Å². The first-order valence-corrected chi connectivity index (χ1v) is 12.5. The normalized spacial score (nSPS) is 11.4. The number of nitrogens with zero attached hydrogens (tertiary/aromatic N) is 3. The standard InChI is InChI=1S/C17H18Cl2N4O5.C7H6Cl2/c18-16(19)17(27)23(8-5-13(24)11(20)1-2-15(25)26)10-3-6-21-12(9-10)14-4-7-22-28-14;1-5-6(8)3-2-4-7(5)9/h3-4,6-7,9,11,16H,1-2,5,8,20H2,(H,25,26);2-4H,1H3/t11-;/m0./s1. The number of anilines is 1. The fourth-order valence-corrected chi connectivity index (χ4v) is 3.62. The number of carbonyl (C=O) groups is 3. The van der Waals surface area contributed by atoms with Crippen LogP contribution in [0, 0.1) is 6.92 Å². The smallest absolute Gasteiger partial charge is 0.303 e. The van der Waals surface area contributed by atoms with Gasteiger partial charge in [-0.3, -0.25) is 19.4 Å². The monoisotopic (exact) mass is 588 g/mol. The molecule has 0 saturated heterocycles. The van der Waals surface area contributed by atoms with Crippen LogP contribution in [0.2, 0.25) is 10.0 Å². The van der Waals surface area contributed by atoms with Gasteiger partial charge in [-0.25, -0.2) is 0 Å². The molecule has 37 heavy (non-hydrogen) atoms. The van der Waals surface area contributed by atoms with Gasteiger partial charge in [0, 0.05) is 47.4 Å². The van der Waals surface area contributed by atoms with Crippen LogP contribution in [0.25, 0.3) is 11.5 Å². The van der Waals surface area contributed by atoms with E-state index >= 15 is 0 Å². The number of aromatic nitrogens is 2. The first-order valence-electron chi connectivity index (χ1n) is 10.9. The largest absolute Gasteiger partial charge is 0.481 e. The molecule has 2 aromatic heterocycles. The van der Waals surface area contributed by atoms with Crippen molar-refractivity contribution in [1.29, 1.82) is 0 Å². The summed E-state index contributed by atoms with van der Waals surface area (Å²) < 4.78 is 5.05. The number of carboxylic acid groups (broad SMARTS) is 1. The lowest BCUT2D eigenvalue weighted by Crippen LogP contribution is -2.39. The maximum absolute atomic E-state index is 12.4. The average Bonchev–Trinajstić information content (AvgIpc) is 3.41. The number of carbonyl (C=O) groups excluding carboxylic acids is 2. The summed E-state index contributed by atoms with van der Waals surface area (Å²) in [6, 6.07) is 9.28. The topological polar surface area (TPSA) is 140 Å². The van der Waals surface area contributed by atoms with Crippen LogP contribution in [0.5, 0.6) is 0 Å². The predicted octanol–water partition coefficient (Wildman–Crippen LogP) is 5.33. The van der Waals surface area contributed by atoms with Gasteiger partial charge in [-0.05, 0) is 43.2 Å². The molecule has 0 spiro atoms. The first-order chi connectivity index (χ1) is 17.5. The Hall–Kier alpha value is -2.69. The Morgan fingerprint density at radius 2 is 1.76 bits per heavy atom. The maximum atomic E-state index is 12.4. The number of hydrogen-bond donors (Lipinski definition) is 2. The third kappa shape index (κ3) is 9.60. The van der Waals surface area contributed by atoms with Crippen LogP contribution in [0.3, 0.4) is 0 Å².